The zero-order chi connectivity index (χ0) is 22.7. The molecule has 8 heteroatoms. The number of benzene rings is 1. The summed E-state index contributed by atoms with van der Waals surface area (Å²) in [5, 5.41) is 5.05. The van der Waals surface area contributed by atoms with Crippen LogP contribution < -0.4 is 4.90 Å². The molecule has 6 nitrogen and oxygen atoms in total. The van der Waals surface area contributed by atoms with Gasteiger partial charge in [-0.05, 0) is 61.4 Å². The molecule has 4 aromatic rings. The number of hydrogen-bond donors (Lipinski definition) is 0. The van der Waals surface area contributed by atoms with Gasteiger partial charge < -0.3 is 9.64 Å². The van der Waals surface area contributed by atoms with E-state index in [9.17, 15) is 4.39 Å². The van der Waals surface area contributed by atoms with Gasteiger partial charge in [0.05, 0.1) is 13.2 Å². The molecule has 1 saturated heterocycles. The lowest BCUT2D eigenvalue weighted by Gasteiger charge is -2.28. The van der Waals surface area contributed by atoms with Crippen LogP contribution in [-0.4, -0.2) is 46.1 Å². The first-order chi connectivity index (χ1) is 15.4. The Balaban J connectivity index is 0.000000354. The Morgan fingerprint density at radius 2 is 1.81 bits per heavy atom. The number of pyridine rings is 2. The SMILES string of the molecule is Cc1cc2c(-c3ccc(Cl)cc3F)cc(N3CCOCC3)nc2nc1C.Cn1cccn1. The van der Waals surface area contributed by atoms with E-state index < -0.39 is 0 Å². The predicted molar refractivity (Wildman–Crippen MR) is 126 cm³/mol. The first-order valence-electron chi connectivity index (χ1n) is 10.4. The number of aryl methyl sites for hydroxylation is 3. The number of ether oxygens (including phenoxy) is 1. The molecule has 166 valence electrons. The van der Waals surface area contributed by atoms with Gasteiger partial charge in [0.15, 0.2) is 5.65 Å². The third kappa shape index (κ3) is 4.89. The number of nitrogens with zero attached hydrogens (tertiary/aromatic N) is 5. The van der Waals surface area contributed by atoms with E-state index in [1.165, 1.54) is 6.07 Å². The van der Waals surface area contributed by atoms with Crippen LogP contribution in [0, 0.1) is 19.7 Å². The Morgan fingerprint density at radius 3 is 2.44 bits per heavy atom. The third-order valence-corrected chi connectivity index (χ3v) is 5.66. The molecule has 3 aromatic heterocycles. The molecule has 0 bridgehead atoms. The van der Waals surface area contributed by atoms with Crippen LogP contribution in [-0.2, 0) is 11.8 Å². The summed E-state index contributed by atoms with van der Waals surface area (Å²) in [5.41, 5.74) is 3.88. The van der Waals surface area contributed by atoms with Crippen LogP contribution in [0.1, 0.15) is 11.3 Å². The van der Waals surface area contributed by atoms with Crippen molar-refractivity contribution in [3.63, 3.8) is 0 Å². The smallest absolute Gasteiger partial charge is 0.162 e. The zero-order valence-electron chi connectivity index (χ0n) is 18.3. The minimum absolute atomic E-state index is 0.351. The van der Waals surface area contributed by atoms with E-state index in [1.54, 1.807) is 23.0 Å². The maximum atomic E-state index is 14.7. The quantitative estimate of drug-likeness (QED) is 0.429. The second-order valence-corrected chi connectivity index (χ2v) is 8.13. The van der Waals surface area contributed by atoms with Crippen LogP contribution in [0.5, 0.6) is 0 Å². The Morgan fingerprint density at radius 1 is 1.03 bits per heavy atom. The Hall–Kier alpha value is -3.03. The molecule has 1 aromatic carbocycles. The standard InChI is InChI=1S/C20H19ClFN3O.C4H6N2/c1-12-9-17-16(15-4-3-14(21)10-18(15)22)11-19(24-20(17)23-13(12)2)25-5-7-26-8-6-25;1-6-4-2-3-5-6/h3-4,9-11H,5-8H2,1-2H3;2-4H,1H3. The molecule has 1 aliphatic heterocycles. The molecule has 1 aliphatic rings. The topological polar surface area (TPSA) is 56.1 Å². The van der Waals surface area contributed by atoms with Crippen molar-refractivity contribution in [2.45, 2.75) is 13.8 Å². The molecule has 32 heavy (non-hydrogen) atoms. The summed E-state index contributed by atoms with van der Waals surface area (Å²) in [6, 6.07) is 10.6. The van der Waals surface area contributed by atoms with Crippen molar-refractivity contribution in [1.29, 1.82) is 0 Å². The number of aromatic nitrogens is 4. The molecule has 0 unspecified atom stereocenters. The van der Waals surface area contributed by atoms with Gasteiger partial charge in [0.25, 0.3) is 0 Å². The highest BCUT2D eigenvalue weighted by atomic mass is 35.5. The average molecular weight is 454 g/mol. The first-order valence-corrected chi connectivity index (χ1v) is 10.8. The van der Waals surface area contributed by atoms with Crippen LogP contribution >= 0.6 is 11.6 Å². The summed E-state index contributed by atoms with van der Waals surface area (Å²) in [5.74, 6) is 0.442. The summed E-state index contributed by atoms with van der Waals surface area (Å²) < 4.78 is 21.8. The normalized spacial score (nSPS) is 13.7. The Labute approximate surface area is 191 Å². The van der Waals surface area contributed by atoms with Crippen molar-refractivity contribution < 1.29 is 9.13 Å². The summed E-state index contributed by atoms with van der Waals surface area (Å²) in [4.78, 5) is 11.5. The van der Waals surface area contributed by atoms with Gasteiger partial charge >= 0.3 is 0 Å². The van der Waals surface area contributed by atoms with E-state index in [0.29, 0.717) is 29.4 Å². The number of anilines is 1. The molecule has 0 N–H and O–H groups in total. The second-order valence-electron chi connectivity index (χ2n) is 7.69. The van der Waals surface area contributed by atoms with Crippen molar-refractivity contribution in [3.8, 4) is 11.1 Å². The molecular weight excluding hydrogens is 429 g/mol. The molecule has 5 rings (SSSR count). The van der Waals surface area contributed by atoms with Gasteiger partial charge in [-0.2, -0.15) is 5.10 Å². The van der Waals surface area contributed by atoms with Crippen molar-refractivity contribution in [2.75, 3.05) is 31.2 Å². The minimum Gasteiger partial charge on any atom is -0.378 e. The minimum atomic E-state index is -0.351. The van der Waals surface area contributed by atoms with Crippen molar-refractivity contribution in [1.82, 2.24) is 19.7 Å². The lowest BCUT2D eigenvalue weighted by atomic mass is 10.0. The third-order valence-electron chi connectivity index (χ3n) is 5.42. The molecule has 0 amide bonds. The molecule has 0 atom stereocenters. The molecule has 0 radical (unpaired) electrons. The van der Waals surface area contributed by atoms with E-state index in [4.69, 9.17) is 21.3 Å². The van der Waals surface area contributed by atoms with Gasteiger partial charge in [-0.3, -0.25) is 4.68 Å². The summed E-state index contributed by atoms with van der Waals surface area (Å²) in [6.07, 6.45) is 3.64. The summed E-state index contributed by atoms with van der Waals surface area (Å²) in [6.45, 7) is 6.78. The highest BCUT2D eigenvalue weighted by molar-refractivity contribution is 6.30. The van der Waals surface area contributed by atoms with Crippen molar-refractivity contribution in [3.05, 3.63) is 70.9 Å². The number of fused-ring (bicyclic) bond motifs is 1. The Kier molecular flexibility index (Phi) is 6.67. The van der Waals surface area contributed by atoms with Crippen LogP contribution in [0.3, 0.4) is 0 Å². The molecule has 0 spiro atoms. The van der Waals surface area contributed by atoms with E-state index in [2.05, 4.69) is 15.0 Å². The van der Waals surface area contributed by atoms with Crippen LogP contribution in [0.4, 0.5) is 10.2 Å². The summed E-state index contributed by atoms with van der Waals surface area (Å²) in [7, 11) is 1.89. The summed E-state index contributed by atoms with van der Waals surface area (Å²) >= 11 is 5.93. The highest BCUT2D eigenvalue weighted by Crippen LogP contribution is 2.34. The largest absolute Gasteiger partial charge is 0.378 e. The lowest BCUT2D eigenvalue weighted by molar-refractivity contribution is 0.122. The van der Waals surface area contributed by atoms with Crippen molar-refractivity contribution >= 4 is 28.5 Å². The zero-order valence-corrected chi connectivity index (χ0v) is 19.1. The fraction of sp³-hybridized carbons (Fsp3) is 0.292. The fourth-order valence-electron chi connectivity index (χ4n) is 3.55. The molecule has 1 fully saturated rings. The van der Waals surface area contributed by atoms with E-state index in [1.807, 2.05) is 45.3 Å². The second kappa shape index (κ2) is 9.63. The number of rotatable bonds is 2. The number of hydrogen-bond acceptors (Lipinski definition) is 5. The van der Waals surface area contributed by atoms with Gasteiger partial charge in [0.2, 0.25) is 0 Å². The van der Waals surface area contributed by atoms with E-state index in [0.717, 1.165) is 41.1 Å². The van der Waals surface area contributed by atoms with Gasteiger partial charge in [-0.1, -0.05) is 11.6 Å². The average Bonchev–Trinajstić information content (AvgIpc) is 3.26. The number of morpholine rings is 1. The maximum absolute atomic E-state index is 14.7. The first kappa shape index (κ1) is 22.2. The molecular formula is C24H25ClFN5O. The number of halogens is 2. The van der Waals surface area contributed by atoms with E-state index >= 15 is 0 Å². The van der Waals surface area contributed by atoms with Gasteiger partial charge in [0, 0.05) is 54.2 Å². The van der Waals surface area contributed by atoms with Gasteiger partial charge in [-0.25, -0.2) is 14.4 Å². The van der Waals surface area contributed by atoms with E-state index in [-0.39, 0.29) is 5.82 Å². The maximum Gasteiger partial charge on any atom is 0.162 e. The Bertz CT molecular complexity index is 1220. The molecule has 0 saturated carbocycles. The predicted octanol–water partition coefficient (Wildman–Crippen LogP) is 4.96. The highest BCUT2D eigenvalue weighted by Gasteiger charge is 2.18. The monoisotopic (exact) mass is 453 g/mol. The lowest BCUT2D eigenvalue weighted by Crippen LogP contribution is -2.36. The van der Waals surface area contributed by atoms with Crippen molar-refractivity contribution in [2.24, 2.45) is 7.05 Å². The molecule has 0 aliphatic carbocycles. The van der Waals surface area contributed by atoms with Crippen LogP contribution in [0.25, 0.3) is 22.2 Å². The molecule has 4 heterocycles. The van der Waals surface area contributed by atoms with Gasteiger partial charge in [0.1, 0.15) is 11.6 Å². The van der Waals surface area contributed by atoms with Gasteiger partial charge in [-0.15, -0.1) is 0 Å². The van der Waals surface area contributed by atoms with Crippen LogP contribution in [0.15, 0.2) is 48.8 Å². The van der Waals surface area contributed by atoms with Crippen LogP contribution in [0.2, 0.25) is 5.02 Å². The fourth-order valence-corrected chi connectivity index (χ4v) is 3.71.